The van der Waals surface area contributed by atoms with Gasteiger partial charge in [-0.05, 0) is 14.1 Å². The van der Waals surface area contributed by atoms with Crippen LogP contribution < -0.4 is 11.3 Å². The number of hydrazine groups is 1. The van der Waals surface area contributed by atoms with E-state index < -0.39 is 0 Å². The first kappa shape index (κ1) is 13.5. The smallest absolute Gasteiger partial charge is 0.144 e. The number of aromatic nitrogens is 2. The average molecular weight is 257 g/mol. The zero-order valence-electron chi connectivity index (χ0n) is 11.3. The fraction of sp³-hybridized carbons (Fsp3) is 0.286. The van der Waals surface area contributed by atoms with Crippen LogP contribution in [-0.4, -0.2) is 35.5 Å². The van der Waals surface area contributed by atoms with Gasteiger partial charge in [0.2, 0.25) is 0 Å². The Labute approximate surface area is 113 Å². The van der Waals surface area contributed by atoms with Crippen LogP contribution in [0, 0.1) is 0 Å². The number of nitrogens with two attached hydrogens (primary N) is 1. The van der Waals surface area contributed by atoms with E-state index >= 15 is 0 Å². The summed E-state index contributed by atoms with van der Waals surface area (Å²) >= 11 is 0. The highest BCUT2D eigenvalue weighted by Gasteiger charge is 2.06. The van der Waals surface area contributed by atoms with Gasteiger partial charge < -0.3 is 10.3 Å². The molecule has 0 aliphatic rings. The van der Waals surface area contributed by atoms with Crippen molar-refractivity contribution < 1.29 is 0 Å². The average Bonchev–Trinajstić information content (AvgIpc) is 2.45. The maximum Gasteiger partial charge on any atom is 0.144 e. The molecule has 1 aromatic carbocycles. The van der Waals surface area contributed by atoms with E-state index in [1.807, 2.05) is 50.5 Å². The van der Waals surface area contributed by atoms with Crippen LogP contribution in [0.25, 0.3) is 11.3 Å². The molecule has 1 heterocycles. The van der Waals surface area contributed by atoms with Crippen molar-refractivity contribution in [3.05, 3.63) is 42.2 Å². The largest absolute Gasteiger partial charge is 0.309 e. The van der Waals surface area contributed by atoms with Crippen LogP contribution >= 0.6 is 0 Å². The van der Waals surface area contributed by atoms with Gasteiger partial charge in [-0.25, -0.2) is 15.8 Å². The van der Waals surface area contributed by atoms with E-state index in [0.717, 1.165) is 30.0 Å². The monoisotopic (exact) mass is 257 g/mol. The summed E-state index contributed by atoms with van der Waals surface area (Å²) in [5, 5.41) is 0. The first-order valence-electron chi connectivity index (χ1n) is 6.24. The summed E-state index contributed by atoms with van der Waals surface area (Å²) in [5.74, 6) is 6.91. The van der Waals surface area contributed by atoms with Gasteiger partial charge in [0.1, 0.15) is 11.6 Å². The predicted octanol–water partition coefficient (Wildman–Crippen LogP) is 1.53. The molecule has 0 fully saturated rings. The van der Waals surface area contributed by atoms with E-state index in [2.05, 4.69) is 20.3 Å². The molecule has 0 bridgehead atoms. The Morgan fingerprint density at radius 1 is 1.16 bits per heavy atom. The van der Waals surface area contributed by atoms with Crippen molar-refractivity contribution in [1.29, 1.82) is 0 Å². The van der Waals surface area contributed by atoms with Crippen molar-refractivity contribution in [1.82, 2.24) is 14.9 Å². The van der Waals surface area contributed by atoms with Crippen LogP contribution in [0.2, 0.25) is 0 Å². The Kier molecular flexibility index (Phi) is 4.43. The number of anilines is 1. The number of benzene rings is 1. The highest BCUT2D eigenvalue weighted by atomic mass is 15.3. The molecule has 0 amide bonds. The first-order chi connectivity index (χ1) is 9.19. The Hall–Kier alpha value is -1.98. The van der Waals surface area contributed by atoms with E-state index in [0.29, 0.717) is 5.82 Å². The molecular formula is C14H19N5. The van der Waals surface area contributed by atoms with Crippen molar-refractivity contribution >= 4 is 5.82 Å². The van der Waals surface area contributed by atoms with Crippen molar-refractivity contribution in [3.63, 3.8) is 0 Å². The van der Waals surface area contributed by atoms with Gasteiger partial charge in [-0.3, -0.25) is 0 Å². The maximum atomic E-state index is 5.47. The summed E-state index contributed by atoms with van der Waals surface area (Å²) in [6, 6.07) is 11.9. The van der Waals surface area contributed by atoms with E-state index in [1.54, 1.807) is 0 Å². The van der Waals surface area contributed by atoms with Gasteiger partial charge in [-0.15, -0.1) is 0 Å². The van der Waals surface area contributed by atoms with Gasteiger partial charge in [0.05, 0.1) is 5.69 Å². The zero-order chi connectivity index (χ0) is 13.7. The standard InChI is InChI=1S/C14H19N5/c1-19(2)9-8-13-16-12(10-14(17-13)18-15)11-6-4-3-5-7-11/h3-7,10H,8-9,15H2,1-2H3,(H,16,17,18). The molecule has 2 aromatic rings. The molecule has 5 heteroatoms. The van der Waals surface area contributed by atoms with E-state index in [-0.39, 0.29) is 0 Å². The molecule has 0 spiro atoms. The lowest BCUT2D eigenvalue weighted by Gasteiger charge is -2.11. The van der Waals surface area contributed by atoms with Crippen LogP contribution in [0.3, 0.4) is 0 Å². The molecule has 0 unspecified atom stereocenters. The number of nitrogen functional groups attached to an aromatic ring is 1. The Balaban J connectivity index is 2.31. The molecule has 0 aliphatic carbocycles. The number of nitrogens with one attached hydrogen (secondary N) is 1. The van der Waals surface area contributed by atoms with Gasteiger partial charge in [0, 0.05) is 24.6 Å². The van der Waals surface area contributed by atoms with Crippen LogP contribution in [0.5, 0.6) is 0 Å². The molecule has 5 nitrogen and oxygen atoms in total. The Morgan fingerprint density at radius 2 is 1.89 bits per heavy atom. The second-order valence-electron chi connectivity index (χ2n) is 4.62. The van der Waals surface area contributed by atoms with E-state index in [1.165, 1.54) is 0 Å². The third-order valence-electron chi connectivity index (χ3n) is 2.77. The molecule has 0 radical (unpaired) electrons. The van der Waals surface area contributed by atoms with Gasteiger partial charge in [-0.1, -0.05) is 30.3 Å². The molecule has 0 atom stereocenters. The summed E-state index contributed by atoms with van der Waals surface area (Å²) in [7, 11) is 4.06. The lowest BCUT2D eigenvalue weighted by molar-refractivity contribution is 0.409. The maximum absolute atomic E-state index is 5.47. The fourth-order valence-corrected chi connectivity index (χ4v) is 1.76. The second-order valence-corrected chi connectivity index (χ2v) is 4.62. The lowest BCUT2D eigenvalue weighted by Crippen LogP contribution is -2.17. The number of rotatable bonds is 5. The molecule has 1 aromatic heterocycles. The van der Waals surface area contributed by atoms with E-state index in [4.69, 9.17) is 5.84 Å². The van der Waals surface area contributed by atoms with Crippen molar-refractivity contribution in [2.45, 2.75) is 6.42 Å². The molecule has 0 aliphatic heterocycles. The van der Waals surface area contributed by atoms with Crippen LogP contribution in [0.1, 0.15) is 5.82 Å². The highest BCUT2D eigenvalue weighted by molar-refractivity contribution is 5.62. The third kappa shape index (κ3) is 3.74. The summed E-state index contributed by atoms with van der Waals surface area (Å²) in [6.45, 7) is 0.905. The SMILES string of the molecule is CN(C)CCc1nc(NN)cc(-c2ccccc2)n1. The number of hydrogen-bond acceptors (Lipinski definition) is 5. The normalized spacial score (nSPS) is 10.7. The Bertz CT molecular complexity index is 525. The predicted molar refractivity (Wildman–Crippen MR) is 77.5 cm³/mol. The minimum atomic E-state index is 0.641. The number of likely N-dealkylation sites (N-methyl/N-ethyl adjacent to an activating group) is 1. The molecule has 0 saturated heterocycles. The first-order valence-corrected chi connectivity index (χ1v) is 6.24. The van der Waals surface area contributed by atoms with Crippen molar-refractivity contribution in [2.75, 3.05) is 26.1 Å². The van der Waals surface area contributed by atoms with Gasteiger partial charge in [-0.2, -0.15) is 0 Å². The van der Waals surface area contributed by atoms with Gasteiger partial charge >= 0.3 is 0 Å². The molecule has 100 valence electrons. The summed E-state index contributed by atoms with van der Waals surface area (Å²) < 4.78 is 0. The zero-order valence-corrected chi connectivity index (χ0v) is 11.3. The highest BCUT2D eigenvalue weighted by Crippen LogP contribution is 2.19. The quantitative estimate of drug-likeness (QED) is 0.628. The third-order valence-corrected chi connectivity index (χ3v) is 2.77. The molecule has 19 heavy (non-hydrogen) atoms. The van der Waals surface area contributed by atoms with Crippen LogP contribution in [0.4, 0.5) is 5.82 Å². The van der Waals surface area contributed by atoms with Gasteiger partial charge in [0.15, 0.2) is 0 Å². The summed E-state index contributed by atoms with van der Waals surface area (Å²) in [5.41, 5.74) is 4.55. The summed E-state index contributed by atoms with van der Waals surface area (Å²) in [6.07, 6.45) is 0.794. The molecule has 3 N–H and O–H groups in total. The fourth-order valence-electron chi connectivity index (χ4n) is 1.76. The summed E-state index contributed by atoms with van der Waals surface area (Å²) in [4.78, 5) is 11.1. The molecular weight excluding hydrogens is 238 g/mol. The van der Waals surface area contributed by atoms with Crippen molar-refractivity contribution in [2.24, 2.45) is 5.84 Å². The van der Waals surface area contributed by atoms with Gasteiger partial charge in [0.25, 0.3) is 0 Å². The van der Waals surface area contributed by atoms with Crippen LogP contribution in [0.15, 0.2) is 36.4 Å². The molecule has 2 rings (SSSR count). The van der Waals surface area contributed by atoms with E-state index in [9.17, 15) is 0 Å². The van der Waals surface area contributed by atoms with Crippen molar-refractivity contribution in [3.8, 4) is 11.3 Å². The number of nitrogens with zero attached hydrogens (tertiary/aromatic N) is 3. The minimum absolute atomic E-state index is 0.641. The number of hydrogen-bond donors (Lipinski definition) is 2. The topological polar surface area (TPSA) is 67.1 Å². The Morgan fingerprint density at radius 3 is 2.53 bits per heavy atom. The van der Waals surface area contributed by atoms with Crippen LogP contribution in [-0.2, 0) is 6.42 Å². The lowest BCUT2D eigenvalue weighted by atomic mass is 10.1. The second kappa shape index (κ2) is 6.26. The molecule has 0 saturated carbocycles. The minimum Gasteiger partial charge on any atom is -0.309 e.